The fraction of sp³-hybridized carbons (Fsp3) is 0.421. The molecule has 152 valence electrons. The number of halogens is 1. The Bertz CT molecular complexity index is 919. The van der Waals surface area contributed by atoms with Crippen LogP contribution in [0.4, 0.5) is 0 Å². The Morgan fingerprint density at radius 3 is 2.43 bits per heavy atom. The van der Waals surface area contributed by atoms with Crippen LogP contribution in [-0.4, -0.2) is 69.9 Å². The highest BCUT2D eigenvalue weighted by molar-refractivity contribution is 9.10. The number of furan rings is 1. The van der Waals surface area contributed by atoms with Gasteiger partial charge in [-0.2, -0.15) is 0 Å². The van der Waals surface area contributed by atoms with Crippen molar-refractivity contribution in [2.75, 3.05) is 39.8 Å². The van der Waals surface area contributed by atoms with Gasteiger partial charge in [0.05, 0.1) is 4.90 Å². The number of piperazine rings is 1. The van der Waals surface area contributed by atoms with E-state index in [0.29, 0.717) is 6.54 Å². The summed E-state index contributed by atoms with van der Waals surface area (Å²) in [7, 11) is -1.70. The molecule has 2 aromatic rings. The summed E-state index contributed by atoms with van der Waals surface area (Å²) in [6.07, 6.45) is 0. The maximum atomic E-state index is 12.6. The van der Waals surface area contributed by atoms with E-state index in [-0.39, 0.29) is 21.8 Å². The van der Waals surface area contributed by atoms with Crippen LogP contribution in [0.2, 0.25) is 0 Å². The summed E-state index contributed by atoms with van der Waals surface area (Å²) in [5, 5.41) is 2.59. The van der Waals surface area contributed by atoms with Crippen molar-refractivity contribution in [1.29, 1.82) is 0 Å². The zero-order valence-electron chi connectivity index (χ0n) is 15.9. The molecule has 1 saturated heterocycles. The number of carbonyl (C=O) groups excluding carboxylic acids is 1. The second kappa shape index (κ2) is 8.77. The van der Waals surface area contributed by atoms with E-state index in [4.69, 9.17) is 4.42 Å². The van der Waals surface area contributed by atoms with E-state index in [0.717, 1.165) is 30.7 Å². The molecule has 2 heterocycles. The van der Waals surface area contributed by atoms with Gasteiger partial charge in [0.1, 0.15) is 0 Å². The lowest BCUT2D eigenvalue weighted by molar-refractivity contribution is 0.0874. The SMILES string of the molecule is CC(CNC(=O)c1ccc(S(=O)(=O)c2ccc(Br)cc2)o1)N1CCN(C)CC1. The molecule has 9 heteroatoms. The van der Waals surface area contributed by atoms with E-state index in [9.17, 15) is 13.2 Å². The van der Waals surface area contributed by atoms with Gasteiger partial charge in [-0.25, -0.2) is 8.42 Å². The van der Waals surface area contributed by atoms with Gasteiger partial charge in [0, 0.05) is 43.2 Å². The number of benzene rings is 1. The predicted octanol–water partition coefficient (Wildman–Crippen LogP) is 2.24. The number of hydrogen-bond donors (Lipinski definition) is 1. The summed E-state index contributed by atoms with van der Waals surface area (Å²) in [6.45, 7) is 6.48. The van der Waals surface area contributed by atoms with Crippen LogP contribution in [0, 0.1) is 0 Å². The van der Waals surface area contributed by atoms with Gasteiger partial charge in [0.2, 0.25) is 14.9 Å². The molecule has 1 aliphatic heterocycles. The lowest BCUT2D eigenvalue weighted by Crippen LogP contribution is -2.51. The number of hydrogen-bond acceptors (Lipinski definition) is 6. The van der Waals surface area contributed by atoms with Gasteiger partial charge in [-0.05, 0) is 50.4 Å². The van der Waals surface area contributed by atoms with Crippen LogP contribution >= 0.6 is 15.9 Å². The molecule has 1 fully saturated rings. The van der Waals surface area contributed by atoms with Crippen LogP contribution in [0.3, 0.4) is 0 Å². The van der Waals surface area contributed by atoms with Crippen molar-refractivity contribution in [2.24, 2.45) is 0 Å². The molecule has 0 spiro atoms. The average Bonchev–Trinajstić information content (AvgIpc) is 3.18. The van der Waals surface area contributed by atoms with Gasteiger partial charge in [-0.15, -0.1) is 0 Å². The van der Waals surface area contributed by atoms with Crippen molar-refractivity contribution in [3.05, 3.63) is 46.6 Å². The molecule has 1 N–H and O–H groups in total. The average molecular weight is 470 g/mol. The number of sulfone groups is 1. The second-order valence-corrected chi connectivity index (χ2v) is 9.77. The zero-order valence-corrected chi connectivity index (χ0v) is 18.3. The standard InChI is InChI=1S/C19H24BrN3O4S/c1-14(23-11-9-22(2)10-12-23)13-21-19(24)17-7-8-18(27-17)28(25,26)16-5-3-15(20)4-6-16/h3-8,14H,9-13H2,1-2H3,(H,21,24). The summed E-state index contributed by atoms with van der Waals surface area (Å²) in [5.41, 5.74) is 0. The lowest BCUT2D eigenvalue weighted by atomic mass is 10.2. The van der Waals surface area contributed by atoms with Crippen LogP contribution in [0.25, 0.3) is 0 Å². The number of rotatable bonds is 6. The maximum absolute atomic E-state index is 12.6. The number of carbonyl (C=O) groups is 1. The molecule has 1 atom stereocenters. The minimum Gasteiger partial charge on any atom is -0.439 e. The number of nitrogens with one attached hydrogen (secondary N) is 1. The minimum atomic E-state index is -3.80. The predicted molar refractivity (Wildman–Crippen MR) is 109 cm³/mol. The second-order valence-electron chi connectivity index (χ2n) is 6.97. The van der Waals surface area contributed by atoms with Gasteiger partial charge in [0.15, 0.2) is 5.76 Å². The minimum absolute atomic E-state index is 0.0127. The molecule has 1 aromatic carbocycles. The largest absolute Gasteiger partial charge is 0.439 e. The van der Waals surface area contributed by atoms with Crippen LogP contribution in [0.15, 0.2) is 55.3 Å². The van der Waals surface area contributed by atoms with Gasteiger partial charge < -0.3 is 14.6 Å². The summed E-state index contributed by atoms with van der Waals surface area (Å²) >= 11 is 3.28. The van der Waals surface area contributed by atoms with Crippen molar-refractivity contribution in [3.63, 3.8) is 0 Å². The highest BCUT2D eigenvalue weighted by Gasteiger charge is 2.24. The summed E-state index contributed by atoms with van der Waals surface area (Å²) < 4.78 is 31.4. The van der Waals surface area contributed by atoms with E-state index in [1.54, 1.807) is 12.1 Å². The smallest absolute Gasteiger partial charge is 0.287 e. The highest BCUT2D eigenvalue weighted by Crippen LogP contribution is 2.24. The summed E-state index contributed by atoms with van der Waals surface area (Å²) in [6, 6.07) is 9.15. The topological polar surface area (TPSA) is 82.9 Å². The molecule has 0 radical (unpaired) electrons. The van der Waals surface area contributed by atoms with E-state index in [2.05, 4.69) is 45.0 Å². The van der Waals surface area contributed by atoms with Crippen molar-refractivity contribution in [3.8, 4) is 0 Å². The molecule has 0 bridgehead atoms. The molecule has 1 aliphatic rings. The molecule has 1 aromatic heterocycles. The number of amides is 1. The molecule has 3 rings (SSSR count). The highest BCUT2D eigenvalue weighted by atomic mass is 79.9. The van der Waals surface area contributed by atoms with Crippen LogP contribution in [0.1, 0.15) is 17.5 Å². The van der Waals surface area contributed by atoms with E-state index in [1.165, 1.54) is 24.3 Å². The Labute approximate surface area is 173 Å². The number of nitrogens with zero attached hydrogens (tertiary/aromatic N) is 2. The molecule has 0 aliphatic carbocycles. The van der Waals surface area contributed by atoms with Gasteiger partial charge in [-0.1, -0.05) is 15.9 Å². The third kappa shape index (κ3) is 4.83. The summed E-state index contributed by atoms with van der Waals surface area (Å²) in [5.74, 6) is -0.431. The van der Waals surface area contributed by atoms with Crippen molar-refractivity contribution in [1.82, 2.24) is 15.1 Å². The quantitative estimate of drug-likeness (QED) is 0.698. The van der Waals surface area contributed by atoms with Crippen molar-refractivity contribution < 1.29 is 17.6 Å². The molecule has 0 saturated carbocycles. The molecule has 28 heavy (non-hydrogen) atoms. The Hall–Kier alpha value is -1.68. The first-order valence-electron chi connectivity index (χ1n) is 9.08. The van der Waals surface area contributed by atoms with Crippen LogP contribution < -0.4 is 5.32 Å². The first kappa shape index (κ1) is 21.0. The lowest BCUT2D eigenvalue weighted by Gasteiger charge is -2.36. The van der Waals surface area contributed by atoms with Gasteiger partial charge in [-0.3, -0.25) is 9.69 Å². The fourth-order valence-corrected chi connectivity index (χ4v) is 4.47. The molecule has 7 nitrogen and oxygen atoms in total. The van der Waals surface area contributed by atoms with Gasteiger partial charge in [0.25, 0.3) is 5.91 Å². The zero-order chi connectivity index (χ0) is 20.3. The van der Waals surface area contributed by atoms with Crippen LogP contribution in [0.5, 0.6) is 0 Å². The van der Waals surface area contributed by atoms with Crippen molar-refractivity contribution in [2.45, 2.75) is 23.0 Å². The first-order chi connectivity index (χ1) is 13.3. The first-order valence-corrected chi connectivity index (χ1v) is 11.4. The number of likely N-dealkylation sites (N-methyl/N-ethyl adjacent to an activating group) is 1. The molecular weight excluding hydrogens is 446 g/mol. The van der Waals surface area contributed by atoms with E-state index in [1.807, 2.05) is 0 Å². The van der Waals surface area contributed by atoms with Crippen molar-refractivity contribution >= 4 is 31.7 Å². The normalized spacial score (nSPS) is 17.4. The van der Waals surface area contributed by atoms with E-state index < -0.39 is 15.7 Å². The third-order valence-electron chi connectivity index (χ3n) is 4.91. The summed E-state index contributed by atoms with van der Waals surface area (Å²) in [4.78, 5) is 17.1. The molecular formula is C19H24BrN3O4S. The Morgan fingerprint density at radius 2 is 1.79 bits per heavy atom. The van der Waals surface area contributed by atoms with E-state index >= 15 is 0 Å². The monoisotopic (exact) mass is 469 g/mol. The van der Waals surface area contributed by atoms with Crippen LogP contribution in [-0.2, 0) is 9.84 Å². The third-order valence-corrected chi connectivity index (χ3v) is 7.08. The van der Waals surface area contributed by atoms with Gasteiger partial charge >= 0.3 is 0 Å². The Morgan fingerprint density at radius 1 is 1.14 bits per heavy atom. The Kier molecular flexibility index (Phi) is 6.59. The fourth-order valence-electron chi connectivity index (χ4n) is 3.04. The maximum Gasteiger partial charge on any atom is 0.287 e. The molecule has 1 amide bonds. The Balaban J connectivity index is 1.61. The molecule has 1 unspecified atom stereocenters.